The van der Waals surface area contributed by atoms with Crippen molar-refractivity contribution in [1.29, 1.82) is 0 Å². The zero-order valence-electron chi connectivity index (χ0n) is 14.5. The molecule has 2 aromatic rings. The minimum atomic E-state index is 0. The molecular formula is C23H18Br2O2S2. The van der Waals surface area contributed by atoms with Crippen molar-refractivity contribution < 1.29 is 9.59 Å². The summed E-state index contributed by atoms with van der Waals surface area (Å²) in [4.78, 5) is 24.2. The second kappa shape index (κ2) is 11.6. The average molecular weight is 550 g/mol. The van der Waals surface area contributed by atoms with E-state index in [2.05, 4.69) is 31.9 Å². The summed E-state index contributed by atoms with van der Waals surface area (Å²) in [7, 11) is 0. The number of halogens is 2. The maximum atomic E-state index is 11.2. The molecule has 0 saturated heterocycles. The lowest BCUT2D eigenvalue weighted by molar-refractivity contribution is -0.107. The lowest BCUT2D eigenvalue weighted by atomic mass is 10.2. The van der Waals surface area contributed by atoms with Crippen LogP contribution in [0.3, 0.4) is 0 Å². The first kappa shape index (κ1) is 23.7. The molecule has 2 heterocycles. The van der Waals surface area contributed by atoms with Crippen molar-refractivity contribution in [2.24, 2.45) is 0 Å². The van der Waals surface area contributed by atoms with Crippen LogP contribution >= 0.6 is 55.4 Å². The van der Waals surface area contributed by atoms with Crippen LogP contribution in [0.15, 0.2) is 91.6 Å². The highest BCUT2D eigenvalue weighted by Crippen LogP contribution is 2.37. The van der Waals surface area contributed by atoms with Gasteiger partial charge in [0.25, 0.3) is 0 Å². The number of benzene rings is 2. The largest absolute Gasteiger partial charge is 0.282 e. The van der Waals surface area contributed by atoms with E-state index in [1.54, 1.807) is 6.08 Å². The Balaban J connectivity index is 0.000000200. The fourth-order valence-electron chi connectivity index (χ4n) is 2.31. The topological polar surface area (TPSA) is 34.1 Å². The molecular weight excluding hydrogens is 532 g/mol. The summed E-state index contributed by atoms with van der Waals surface area (Å²) in [6.45, 7) is 0. The number of hydrogen-bond acceptors (Lipinski definition) is 4. The maximum absolute atomic E-state index is 11.2. The van der Waals surface area contributed by atoms with Gasteiger partial charge >= 0.3 is 0 Å². The number of rotatable bonds is 2. The van der Waals surface area contributed by atoms with Crippen LogP contribution in [0.5, 0.6) is 0 Å². The van der Waals surface area contributed by atoms with Gasteiger partial charge < -0.3 is 0 Å². The van der Waals surface area contributed by atoms with Gasteiger partial charge in [-0.05, 0) is 84.7 Å². The third-order valence-corrected chi connectivity index (χ3v) is 7.09. The molecule has 0 bridgehead atoms. The monoisotopic (exact) mass is 548 g/mol. The van der Waals surface area contributed by atoms with E-state index in [0.29, 0.717) is 4.48 Å². The molecule has 2 nitrogen and oxygen atoms in total. The van der Waals surface area contributed by atoms with E-state index in [9.17, 15) is 9.59 Å². The summed E-state index contributed by atoms with van der Waals surface area (Å²) < 4.78 is 1.51. The van der Waals surface area contributed by atoms with E-state index in [-0.39, 0.29) is 17.7 Å². The van der Waals surface area contributed by atoms with Crippen LogP contribution in [0.4, 0.5) is 0 Å². The van der Waals surface area contributed by atoms with Gasteiger partial charge in [0.15, 0.2) is 0 Å². The molecule has 2 aromatic carbocycles. The summed E-state index contributed by atoms with van der Waals surface area (Å²) in [6, 6.07) is 19.9. The predicted octanol–water partition coefficient (Wildman–Crippen LogP) is 7.80. The molecule has 0 aliphatic carbocycles. The number of hydrogen-bond donors (Lipinski definition) is 0. The summed E-state index contributed by atoms with van der Waals surface area (Å²) in [6.07, 6.45) is 7.44. The van der Waals surface area contributed by atoms with Crippen molar-refractivity contribution in [2.75, 3.05) is 0 Å². The van der Waals surface area contributed by atoms with Gasteiger partial charge in [0.05, 0.1) is 4.48 Å². The molecule has 0 fully saturated rings. The summed E-state index contributed by atoms with van der Waals surface area (Å²) in [5, 5.41) is 0.159. The minimum absolute atomic E-state index is 0. The van der Waals surface area contributed by atoms with Crippen molar-refractivity contribution in [3.05, 3.63) is 103 Å². The van der Waals surface area contributed by atoms with Crippen LogP contribution in [0.2, 0.25) is 0 Å². The summed E-state index contributed by atoms with van der Waals surface area (Å²) in [5.41, 5.74) is 2.22. The number of carbonyl (C=O) groups excluding carboxylic acids is 2. The Hall–Kier alpha value is -1.60. The van der Waals surface area contributed by atoms with Gasteiger partial charge in [0, 0.05) is 20.4 Å². The second-order valence-electron chi connectivity index (χ2n) is 5.67. The Morgan fingerprint density at radius 3 is 1.69 bits per heavy atom. The summed E-state index contributed by atoms with van der Waals surface area (Å²) in [5.74, 6) is 0. The van der Waals surface area contributed by atoms with E-state index in [4.69, 9.17) is 0 Å². The second-order valence-corrected chi connectivity index (χ2v) is 9.47. The highest BCUT2D eigenvalue weighted by atomic mass is 79.9. The standard InChI is InChI=1S/2C11H7BrOS.CH4/c12-9-7-11(13)14-10(9)6-8-4-2-1-3-5-8;12-10-7-9(14-11(10)13)6-8-4-2-1-3-5-8;/h2*1-7H;1H4/b10-6+;9-6+;. The van der Waals surface area contributed by atoms with Crippen LogP contribution < -0.4 is 0 Å². The average Bonchev–Trinajstić information content (AvgIpc) is 3.17. The van der Waals surface area contributed by atoms with Crippen molar-refractivity contribution in [3.63, 3.8) is 0 Å². The van der Waals surface area contributed by atoms with E-state index in [0.717, 1.165) is 25.4 Å². The molecule has 0 spiro atoms. The van der Waals surface area contributed by atoms with Gasteiger partial charge in [-0.15, -0.1) is 0 Å². The Morgan fingerprint density at radius 1 is 0.690 bits per heavy atom. The molecule has 0 N–H and O–H groups in total. The van der Waals surface area contributed by atoms with Crippen molar-refractivity contribution >= 4 is 77.8 Å². The molecule has 6 heteroatoms. The van der Waals surface area contributed by atoms with Gasteiger partial charge in [-0.1, -0.05) is 68.1 Å². The Bertz CT molecular complexity index is 1010. The van der Waals surface area contributed by atoms with Crippen LogP contribution in [0.25, 0.3) is 12.2 Å². The molecule has 148 valence electrons. The van der Waals surface area contributed by atoms with Crippen molar-refractivity contribution in [3.8, 4) is 0 Å². The van der Waals surface area contributed by atoms with Gasteiger partial charge in [-0.25, -0.2) is 0 Å². The number of carbonyl (C=O) groups is 2. The molecule has 2 aliphatic rings. The molecule has 4 rings (SSSR count). The first-order chi connectivity index (χ1) is 13.5. The van der Waals surface area contributed by atoms with Crippen LogP contribution in [0.1, 0.15) is 18.6 Å². The van der Waals surface area contributed by atoms with Crippen molar-refractivity contribution in [2.45, 2.75) is 7.43 Å². The molecule has 29 heavy (non-hydrogen) atoms. The maximum Gasteiger partial charge on any atom is 0.231 e. The van der Waals surface area contributed by atoms with Crippen LogP contribution in [-0.2, 0) is 9.59 Å². The molecule has 0 saturated carbocycles. The Kier molecular flexibility index (Phi) is 9.43. The zero-order valence-corrected chi connectivity index (χ0v) is 19.3. The fourth-order valence-corrected chi connectivity index (χ4v) is 5.16. The van der Waals surface area contributed by atoms with Crippen molar-refractivity contribution in [1.82, 2.24) is 0 Å². The van der Waals surface area contributed by atoms with Gasteiger partial charge in [0.1, 0.15) is 0 Å². The quantitative estimate of drug-likeness (QED) is 0.382. The molecule has 0 amide bonds. The SMILES string of the molecule is C.O=C1C=C(Br)/C(=C\c2ccccc2)S1.O=C1S/C(=C/c2ccccc2)C=C1Br. The number of allylic oxidation sites excluding steroid dienone is 2. The van der Waals surface area contributed by atoms with E-state index in [1.165, 1.54) is 23.5 Å². The minimum Gasteiger partial charge on any atom is -0.282 e. The molecule has 0 unspecified atom stereocenters. The number of thioether (sulfide) groups is 2. The Labute approximate surface area is 196 Å². The lowest BCUT2D eigenvalue weighted by Crippen LogP contribution is -1.79. The first-order valence-electron chi connectivity index (χ1n) is 8.23. The third-order valence-electron chi connectivity index (χ3n) is 3.57. The molecule has 0 radical (unpaired) electrons. The zero-order chi connectivity index (χ0) is 19.9. The normalized spacial score (nSPS) is 18.1. The fraction of sp³-hybridized carbons (Fsp3) is 0.0435. The third kappa shape index (κ3) is 7.30. The van der Waals surface area contributed by atoms with E-state index >= 15 is 0 Å². The predicted molar refractivity (Wildman–Crippen MR) is 135 cm³/mol. The highest BCUT2D eigenvalue weighted by molar-refractivity contribution is 9.12. The smallest absolute Gasteiger partial charge is 0.231 e. The molecule has 0 aromatic heterocycles. The summed E-state index contributed by atoms with van der Waals surface area (Å²) >= 11 is 9.06. The Morgan fingerprint density at radius 2 is 1.24 bits per heavy atom. The molecule has 0 atom stereocenters. The van der Waals surface area contributed by atoms with Crippen LogP contribution in [-0.4, -0.2) is 10.2 Å². The van der Waals surface area contributed by atoms with Gasteiger partial charge in [-0.3, -0.25) is 9.59 Å². The van der Waals surface area contributed by atoms with Crippen LogP contribution in [0, 0.1) is 0 Å². The first-order valence-corrected chi connectivity index (χ1v) is 11.5. The van der Waals surface area contributed by atoms with E-state index < -0.39 is 0 Å². The van der Waals surface area contributed by atoms with Gasteiger partial charge in [-0.2, -0.15) is 0 Å². The van der Waals surface area contributed by atoms with E-state index in [1.807, 2.05) is 78.9 Å². The molecule has 2 aliphatic heterocycles. The lowest BCUT2D eigenvalue weighted by Gasteiger charge is -1.96. The van der Waals surface area contributed by atoms with Gasteiger partial charge in [0.2, 0.25) is 10.2 Å². The highest BCUT2D eigenvalue weighted by Gasteiger charge is 2.17.